The molecule has 1 saturated carbocycles. The molecular weight excluding hydrogens is 308 g/mol. The average Bonchev–Trinajstić information content (AvgIpc) is 3.35. The van der Waals surface area contributed by atoms with Crippen LogP contribution in [0.3, 0.4) is 0 Å². The van der Waals surface area contributed by atoms with Crippen molar-refractivity contribution < 1.29 is 14.3 Å². The van der Waals surface area contributed by atoms with Crippen LogP contribution in [0.25, 0.3) is 11.0 Å². The summed E-state index contributed by atoms with van der Waals surface area (Å²) in [4.78, 5) is 30.6. The van der Waals surface area contributed by atoms with Gasteiger partial charge in [-0.1, -0.05) is 0 Å². The van der Waals surface area contributed by atoms with E-state index in [-0.39, 0.29) is 24.3 Å². The Labute approximate surface area is 140 Å². The Morgan fingerprint density at radius 1 is 1.42 bits per heavy atom. The van der Waals surface area contributed by atoms with Gasteiger partial charge in [0, 0.05) is 31.2 Å². The number of amides is 1. The van der Waals surface area contributed by atoms with E-state index in [1.165, 1.54) is 0 Å². The maximum Gasteiger partial charge on any atom is 0.307 e. The third-order valence-electron chi connectivity index (χ3n) is 4.22. The van der Waals surface area contributed by atoms with Gasteiger partial charge in [-0.3, -0.25) is 14.3 Å². The number of carbonyl (C=O) groups is 2. The van der Waals surface area contributed by atoms with Crippen LogP contribution in [-0.4, -0.2) is 50.7 Å². The highest BCUT2D eigenvalue weighted by atomic mass is 16.5. The molecule has 0 unspecified atom stereocenters. The molecule has 128 valence electrons. The molecule has 0 aromatic carbocycles. The summed E-state index contributed by atoms with van der Waals surface area (Å²) in [6.07, 6.45) is 3.77. The molecule has 0 N–H and O–H groups in total. The number of nitrogens with zero attached hydrogens (tertiary/aromatic N) is 4. The van der Waals surface area contributed by atoms with Gasteiger partial charge in [0.25, 0.3) is 5.91 Å². The van der Waals surface area contributed by atoms with Gasteiger partial charge in [0.05, 0.1) is 24.3 Å². The van der Waals surface area contributed by atoms with Crippen molar-refractivity contribution in [1.29, 1.82) is 0 Å². The quantitative estimate of drug-likeness (QED) is 0.755. The Bertz CT molecular complexity index is 779. The highest BCUT2D eigenvalue weighted by molar-refractivity contribution is 5.97. The fraction of sp³-hybridized carbons (Fsp3) is 0.529. The van der Waals surface area contributed by atoms with Crippen LogP contribution in [-0.2, 0) is 16.6 Å². The van der Waals surface area contributed by atoms with Crippen molar-refractivity contribution >= 4 is 22.9 Å². The fourth-order valence-corrected chi connectivity index (χ4v) is 2.87. The highest BCUT2D eigenvalue weighted by Gasteiger charge is 2.33. The predicted molar refractivity (Wildman–Crippen MR) is 88.6 cm³/mol. The van der Waals surface area contributed by atoms with Crippen LogP contribution in [0.4, 0.5) is 0 Å². The zero-order valence-electron chi connectivity index (χ0n) is 14.3. The normalized spacial score (nSPS) is 14.0. The van der Waals surface area contributed by atoms with E-state index in [4.69, 9.17) is 4.74 Å². The number of esters is 1. The van der Waals surface area contributed by atoms with Crippen LogP contribution in [0.1, 0.15) is 42.2 Å². The van der Waals surface area contributed by atoms with Gasteiger partial charge in [0.2, 0.25) is 0 Å². The van der Waals surface area contributed by atoms with Crippen LogP contribution in [0.5, 0.6) is 0 Å². The van der Waals surface area contributed by atoms with Gasteiger partial charge in [-0.05, 0) is 32.8 Å². The van der Waals surface area contributed by atoms with Gasteiger partial charge in [-0.2, -0.15) is 5.10 Å². The Kier molecular flexibility index (Phi) is 4.51. The van der Waals surface area contributed by atoms with Crippen molar-refractivity contribution in [3.63, 3.8) is 0 Å². The summed E-state index contributed by atoms with van der Waals surface area (Å²) in [7, 11) is 1.83. The summed E-state index contributed by atoms with van der Waals surface area (Å²) >= 11 is 0. The number of ether oxygens (including phenoxy) is 1. The van der Waals surface area contributed by atoms with E-state index in [2.05, 4.69) is 10.1 Å². The third kappa shape index (κ3) is 3.25. The Morgan fingerprint density at radius 3 is 2.83 bits per heavy atom. The minimum atomic E-state index is -0.271. The van der Waals surface area contributed by atoms with E-state index in [0.717, 1.165) is 29.6 Å². The molecule has 0 atom stereocenters. The van der Waals surface area contributed by atoms with Crippen molar-refractivity contribution in [3.05, 3.63) is 23.5 Å². The van der Waals surface area contributed by atoms with Crippen molar-refractivity contribution in [3.8, 4) is 0 Å². The molecule has 1 amide bonds. The summed E-state index contributed by atoms with van der Waals surface area (Å²) in [6, 6.07) is 2.06. The first-order valence-electron chi connectivity index (χ1n) is 8.27. The smallest absolute Gasteiger partial charge is 0.307 e. The number of aromatic nitrogens is 3. The molecule has 2 aromatic heterocycles. The van der Waals surface area contributed by atoms with Crippen LogP contribution in [0, 0.1) is 6.92 Å². The number of hydrogen-bond donors (Lipinski definition) is 0. The zero-order valence-corrected chi connectivity index (χ0v) is 14.3. The monoisotopic (exact) mass is 330 g/mol. The lowest BCUT2D eigenvalue weighted by molar-refractivity contribution is -0.143. The lowest BCUT2D eigenvalue weighted by atomic mass is 10.2. The fourth-order valence-electron chi connectivity index (χ4n) is 2.87. The van der Waals surface area contributed by atoms with Gasteiger partial charge in [-0.25, -0.2) is 4.98 Å². The van der Waals surface area contributed by atoms with Gasteiger partial charge >= 0.3 is 5.97 Å². The number of hydrogen-bond acceptors (Lipinski definition) is 5. The second kappa shape index (κ2) is 6.59. The molecule has 1 fully saturated rings. The summed E-state index contributed by atoms with van der Waals surface area (Å²) in [6.45, 7) is 4.42. The average molecular weight is 330 g/mol. The van der Waals surface area contributed by atoms with E-state index in [0.29, 0.717) is 18.7 Å². The van der Waals surface area contributed by atoms with Crippen molar-refractivity contribution in [2.75, 3.05) is 13.2 Å². The Balaban J connectivity index is 1.80. The van der Waals surface area contributed by atoms with Crippen molar-refractivity contribution in [2.45, 2.75) is 39.2 Å². The lowest BCUT2D eigenvalue weighted by Gasteiger charge is -2.22. The van der Waals surface area contributed by atoms with Crippen LogP contribution in [0.15, 0.2) is 12.3 Å². The molecule has 24 heavy (non-hydrogen) atoms. The van der Waals surface area contributed by atoms with Gasteiger partial charge in [0.15, 0.2) is 5.65 Å². The van der Waals surface area contributed by atoms with Crippen LogP contribution >= 0.6 is 0 Å². The molecule has 7 heteroatoms. The molecule has 2 aromatic rings. The molecule has 7 nitrogen and oxygen atoms in total. The number of rotatable bonds is 6. The zero-order chi connectivity index (χ0) is 17.3. The lowest BCUT2D eigenvalue weighted by Crippen LogP contribution is -2.35. The van der Waals surface area contributed by atoms with E-state index >= 15 is 0 Å². The van der Waals surface area contributed by atoms with E-state index in [1.807, 2.05) is 20.0 Å². The van der Waals surface area contributed by atoms with Gasteiger partial charge < -0.3 is 9.64 Å². The molecule has 1 aliphatic carbocycles. The minimum Gasteiger partial charge on any atom is -0.466 e. The SMILES string of the molecule is CCOC(=O)CCN(C(=O)c1cnc2c(c1)c(C)nn2C)C1CC1. The van der Waals surface area contributed by atoms with E-state index < -0.39 is 0 Å². The molecule has 3 rings (SSSR count). The van der Waals surface area contributed by atoms with Gasteiger partial charge in [-0.15, -0.1) is 0 Å². The predicted octanol–water partition coefficient (Wildman–Crippen LogP) is 1.83. The van der Waals surface area contributed by atoms with Crippen molar-refractivity contribution in [2.24, 2.45) is 7.05 Å². The first-order valence-corrected chi connectivity index (χ1v) is 8.27. The third-order valence-corrected chi connectivity index (χ3v) is 4.22. The van der Waals surface area contributed by atoms with Crippen LogP contribution in [0.2, 0.25) is 0 Å². The van der Waals surface area contributed by atoms with Crippen molar-refractivity contribution in [1.82, 2.24) is 19.7 Å². The van der Waals surface area contributed by atoms with E-state index in [9.17, 15) is 9.59 Å². The standard InChI is InChI=1S/C17H22N4O3/c1-4-24-15(22)7-8-21(13-5-6-13)17(23)12-9-14-11(2)19-20(3)16(14)18-10-12/h9-10,13H,4-8H2,1-3H3. The molecule has 0 bridgehead atoms. The maximum absolute atomic E-state index is 12.9. The number of pyridine rings is 1. The second-order valence-corrected chi connectivity index (χ2v) is 6.09. The second-order valence-electron chi connectivity index (χ2n) is 6.09. The van der Waals surface area contributed by atoms with Crippen LogP contribution < -0.4 is 0 Å². The summed E-state index contributed by atoms with van der Waals surface area (Å²) in [5.74, 6) is -0.355. The largest absolute Gasteiger partial charge is 0.466 e. The van der Waals surface area contributed by atoms with E-state index in [1.54, 1.807) is 22.7 Å². The number of carbonyl (C=O) groups excluding carboxylic acids is 2. The molecule has 2 heterocycles. The molecular formula is C17H22N4O3. The summed E-state index contributed by atoms with van der Waals surface area (Å²) in [5, 5.41) is 5.21. The molecule has 1 aliphatic rings. The first kappa shape index (κ1) is 16.4. The summed E-state index contributed by atoms with van der Waals surface area (Å²) in [5.41, 5.74) is 2.14. The number of fused-ring (bicyclic) bond motifs is 1. The Hall–Kier alpha value is -2.44. The topological polar surface area (TPSA) is 77.3 Å². The summed E-state index contributed by atoms with van der Waals surface area (Å²) < 4.78 is 6.66. The molecule has 0 spiro atoms. The van der Waals surface area contributed by atoms with Gasteiger partial charge in [0.1, 0.15) is 0 Å². The molecule has 0 radical (unpaired) electrons. The molecule has 0 aliphatic heterocycles. The highest BCUT2D eigenvalue weighted by Crippen LogP contribution is 2.29. The molecule has 0 saturated heterocycles. The number of aryl methyl sites for hydroxylation is 2. The maximum atomic E-state index is 12.9. The minimum absolute atomic E-state index is 0.0838. The Morgan fingerprint density at radius 2 is 2.17 bits per heavy atom. The first-order chi connectivity index (χ1) is 11.5.